The van der Waals surface area contributed by atoms with Crippen LogP contribution in [0, 0.1) is 17.8 Å². The number of hydrogen-bond acceptors (Lipinski definition) is 2. The first kappa shape index (κ1) is 14.2. The molecule has 1 N–H and O–H groups in total. The summed E-state index contributed by atoms with van der Waals surface area (Å²) in [6.45, 7) is 2.62. The molecule has 1 fully saturated rings. The summed E-state index contributed by atoms with van der Waals surface area (Å²) in [5, 5.41) is 3.06. The molecule has 0 heterocycles. The molecule has 112 valence electrons. The van der Waals surface area contributed by atoms with E-state index in [1.165, 1.54) is 0 Å². The van der Waals surface area contributed by atoms with E-state index in [1.54, 1.807) is 0 Å². The number of carbonyl (C=O) groups is 1. The Morgan fingerprint density at radius 1 is 1.14 bits per heavy atom. The largest absolute Gasteiger partial charge is 0.494 e. The average molecular weight is 285 g/mol. The van der Waals surface area contributed by atoms with E-state index in [2.05, 4.69) is 17.5 Å². The lowest BCUT2D eigenvalue weighted by Gasteiger charge is -2.07. The molecule has 1 aromatic rings. The highest BCUT2D eigenvalue weighted by Gasteiger charge is 2.53. The van der Waals surface area contributed by atoms with Gasteiger partial charge < -0.3 is 10.1 Å². The molecule has 0 spiro atoms. The van der Waals surface area contributed by atoms with Gasteiger partial charge in [-0.1, -0.05) is 12.2 Å². The Kier molecular flexibility index (Phi) is 4.28. The number of hydrogen-bond donors (Lipinski definition) is 1. The summed E-state index contributed by atoms with van der Waals surface area (Å²) >= 11 is 0. The van der Waals surface area contributed by atoms with E-state index in [0.717, 1.165) is 37.1 Å². The van der Waals surface area contributed by atoms with Crippen LogP contribution in [0.1, 0.15) is 32.6 Å². The van der Waals surface area contributed by atoms with Crippen molar-refractivity contribution in [2.24, 2.45) is 17.8 Å². The van der Waals surface area contributed by atoms with Crippen LogP contribution < -0.4 is 10.1 Å². The molecule has 2 aliphatic rings. The van der Waals surface area contributed by atoms with Gasteiger partial charge in [0, 0.05) is 11.6 Å². The highest BCUT2D eigenvalue weighted by molar-refractivity contribution is 5.94. The molecule has 0 radical (unpaired) electrons. The Hall–Kier alpha value is -1.77. The smallest absolute Gasteiger partial charge is 0.228 e. The number of anilines is 1. The first-order valence-electron chi connectivity index (χ1n) is 7.98. The van der Waals surface area contributed by atoms with Gasteiger partial charge in [-0.3, -0.25) is 4.79 Å². The van der Waals surface area contributed by atoms with Crippen LogP contribution in [-0.2, 0) is 4.79 Å². The molecule has 1 aromatic carbocycles. The van der Waals surface area contributed by atoms with Crippen molar-refractivity contribution >= 4 is 11.6 Å². The number of ether oxygens (including phenoxy) is 1. The molecule has 1 unspecified atom stereocenters. The van der Waals surface area contributed by atoms with E-state index >= 15 is 0 Å². The summed E-state index contributed by atoms with van der Waals surface area (Å²) < 4.78 is 5.41. The highest BCUT2D eigenvalue weighted by atomic mass is 16.5. The standard InChI is InChI=1S/C18H23NO2/c1-2-21-14-11-9-13(10-12-14)19-18(20)17-15-7-5-3-4-6-8-16(15)17/h3-4,9-12,15-17H,2,5-8H2,1H3,(H,19,20)/b4-3+/t15-,16+,17?. The van der Waals surface area contributed by atoms with E-state index in [4.69, 9.17) is 4.74 Å². The van der Waals surface area contributed by atoms with Crippen molar-refractivity contribution in [2.75, 3.05) is 11.9 Å². The third-order valence-electron chi connectivity index (χ3n) is 4.57. The number of benzene rings is 1. The summed E-state index contributed by atoms with van der Waals surface area (Å²) in [5.74, 6) is 2.44. The number of nitrogens with one attached hydrogen (secondary N) is 1. The van der Waals surface area contributed by atoms with Gasteiger partial charge in [-0.25, -0.2) is 0 Å². The van der Waals surface area contributed by atoms with Gasteiger partial charge in [0.25, 0.3) is 0 Å². The minimum Gasteiger partial charge on any atom is -0.494 e. The predicted octanol–water partition coefficient (Wildman–Crippen LogP) is 4.02. The van der Waals surface area contributed by atoms with Gasteiger partial charge in [0.15, 0.2) is 0 Å². The second-order valence-corrected chi connectivity index (χ2v) is 5.93. The topological polar surface area (TPSA) is 38.3 Å². The van der Waals surface area contributed by atoms with Crippen molar-refractivity contribution in [2.45, 2.75) is 32.6 Å². The first-order chi connectivity index (χ1) is 10.3. The summed E-state index contributed by atoms with van der Waals surface area (Å²) in [6, 6.07) is 7.63. The molecule has 0 bridgehead atoms. The Bertz CT molecular complexity index is 505. The zero-order valence-electron chi connectivity index (χ0n) is 12.5. The number of fused-ring (bicyclic) bond motifs is 1. The van der Waals surface area contributed by atoms with E-state index in [0.29, 0.717) is 18.4 Å². The second kappa shape index (κ2) is 6.33. The van der Waals surface area contributed by atoms with Crippen LogP contribution in [0.2, 0.25) is 0 Å². The molecule has 1 saturated carbocycles. The lowest BCUT2D eigenvalue weighted by atomic mass is 10.1. The van der Waals surface area contributed by atoms with Crippen LogP contribution in [-0.4, -0.2) is 12.5 Å². The number of rotatable bonds is 4. The lowest BCUT2D eigenvalue weighted by Crippen LogP contribution is -2.15. The van der Waals surface area contributed by atoms with E-state index in [1.807, 2.05) is 31.2 Å². The van der Waals surface area contributed by atoms with Crippen molar-refractivity contribution in [3.8, 4) is 5.75 Å². The third-order valence-corrected chi connectivity index (χ3v) is 4.57. The van der Waals surface area contributed by atoms with Crippen molar-refractivity contribution in [3.63, 3.8) is 0 Å². The fourth-order valence-electron chi connectivity index (χ4n) is 3.46. The summed E-state index contributed by atoms with van der Waals surface area (Å²) in [5.41, 5.74) is 0.862. The van der Waals surface area contributed by atoms with Crippen LogP contribution in [0.4, 0.5) is 5.69 Å². The molecular weight excluding hydrogens is 262 g/mol. The molecule has 0 aromatic heterocycles. The summed E-state index contributed by atoms with van der Waals surface area (Å²) in [6.07, 6.45) is 9.07. The Morgan fingerprint density at radius 3 is 2.33 bits per heavy atom. The molecule has 3 heteroatoms. The van der Waals surface area contributed by atoms with Crippen LogP contribution in [0.15, 0.2) is 36.4 Å². The van der Waals surface area contributed by atoms with Crippen LogP contribution in [0.3, 0.4) is 0 Å². The van der Waals surface area contributed by atoms with Gasteiger partial charge in [-0.05, 0) is 68.7 Å². The number of amides is 1. The van der Waals surface area contributed by atoms with Crippen LogP contribution >= 0.6 is 0 Å². The van der Waals surface area contributed by atoms with Gasteiger partial charge in [-0.15, -0.1) is 0 Å². The third kappa shape index (κ3) is 3.29. The quantitative estimate of drug-likeness (QED) is 0.849. The Morgan fingerprint density at radius 2 is 1.76 bits per heavy atom. The minimum absolute atomic E-state index is 0.191. The minimum atomic E-state index is 0.191. The molecule has 2 aliphatic carbocycles. The normalized spacial score (nSPS) is 28.7. The van der Waals surface area contributed by atoms with E-state index in [9.17, 15) is 4.79 Å². The van der Waals surface area contributed by atoms with Gasteiger partial charge in [0.1, 0.15) is 5.75 Å². The maximum Gasteiger partial charge on any atom is 0.228 e. The van der Waals surface area contributed by atoms with Gasteiger partial charge in [0.05, 0.1) is 6.61 Å². The van der Waals surface area contributed by atoms with Crippen molar-refractivity contribution < 1.29 is 9.53 Å². The van der Waals surface area contributed by atoms with E-state index in [-0.39, 0.29) is 11.8 Å². The zero-order chi connectivity index (χ0) is 14.7. The van der Waals surface area contributed by atoms with Gasteiger partial charge in [0.2, 0.25) is 5.91 Å². The second-order valence-electron chi connectivity index (χ2n) is 5.93. The average Bonchev–Trinajstić information content (AvgIpc) is 3.12. The molecule has 3 rings (SSSR count). The molecule has 0 saturated heterocycles. The molecule has 1 amide bonds. The first-order valence-corrected chi connectivity index (χ1v) is 7.98. The van der Waals surface area contributed by atoms with Crippen molar-refractivity contribution in [1.82, 2.24) is 0 Å². The van der Waals surface area contributed by atoms with Crippen molar-refractivity contribution in [1.29, 1.82) is 0 Å². The maximum absolute atomic E-state index is 12.4. The fraction of sp³-hybridized carbons (Fsp3) is 0.500. The Balaban J connectivity index is 1.57. The lowest BCUT2D eigenvalue weighted by molar-refractivity contribution is -0.117. The highest BCUT2D eigenvalue weighted by Crippen LogP contribution is 2.53. The fourth-order valence-corrected chi connectivity index (χ4v) is 3.46. The molecule has 0 aliphatic heterocycles. The van der Waals surface area contributed by atoms with Gasteiger partial charge in [-0.2, -0.15) is 0 Å². The summed E-state index contributed by atoms with van der Waals surface area (Å²) in [7, 11) is 0. The monoisotopic (exact) mass is 285 g/mol. The Labute approximate surface area is 126 Å². The SMILES string of the molecule is CCOc1ccc(NC(=O)C2[C@H]3CC/C=C/CC[C@@H]23)cc1. The predicted molar refractivity (Wildman–Crippen MR) is 84.3 cm³/mol. The van der Waals surface area contributed by atoms with Crippen molar-refractivity contribution in [3.05, 3.63) is 36.4 Å². The number of allylic oxidation sites excluding steroid dienone is 2. The molecular formula is C18H23NO2. The molecule has 3 nitrogen and oxygen atoms in total. The van der Waals surface area contributed by atoms with Crippen LogP contribution in [0.25, 0.3) is 0 Å². The molecule has 3 atom stereocenters. The summed E-state index contributed by atoms with van der Waals surface area (Å²) in [4.78, 5) is 12.4. The van der Waals surface area contributed by atoms with E-state index < -0.39 is 0 Å². The zero-order valence-corrected chi connectivity index (χ0v) is 12.5. The van der Waals surface area contributed by atoms with Crippen LogP contribution in [0.5, 0.6) is 5.75 Å². The van der Waals surface area contributed by atoms with Gasteiger partial charge >= 0.3 is 0 Å². The number of carbonyl (C=O) groups excluding carboxylic acids is 1. The molecule has 21 heavy (non-hydrogen) atoms. The maximum atomic E-state index is 12.4.